The maximum Gasteiger partial charge on any atom is 0.527 e. The summed E-state index contributed by atoms with van der Waals surface area (Å²) < 4.78 is 18.3. The zero-order valence-corrected chi connectivity index (χ0v) is 5.56. The van der Waals surface area contributed by atoms with Crippen molar-refractivity contribution < 1.29 is 23.4 Å². The van der Waals surface area contributed by atoms with Crippen LogP contribution in [-0.4, -0.2) is 14.9 Å². The lowest BCUT2D eigenvalue weighted by Crippen LogP contribution is -1.87. The van der Waals surface area contributed by atoms with Crippen molar-refractivity contribution in [2.75, 3.05) is 0 Å². The highest BCUT2D eigenvalue weighted by Gasteiger charge is 2.17. The van der Waals surface area contributed by atoms with Crippen molar-refractivity contribution in [3.05, 3.63) is 12.3 Å². The Kier molecular flexibility index (Phi) is 1.76. The monoisotopic (exact) mass is 165 g/mol. The minimum atomic E-state index is -4.49. The second kappa shape index (κ2) is 2.42. The molecule has 10 heavy (non-hydrogen) atoms. The third-order valence-corrected chi connectivity index (χ3v) is 1.04. The zero-order valence-electron chi connectivity index (χ0n) is 4.67. The fourth-order valence-corrected chi connectivity index (χ4v) is 0.697. The predicted octanol–water partition coefficient (Wildman–Crippen LogP) is 0.146. The fourth-order valence-electron chi connectivity index (χ4n) is 0.368. The molecule has 0 aromatic carbocycles. The van der Waals surface area contributed by atoms with Gasteiger partial charge in [-0.15, -0.1) is 0 Å². The van der Waals surface area contributed by atoms with Gasteiger partial charge in [0.1, 0.15) is 0 Å². The van der Waals surface area contributed by atoms with Crippen LogP contribution in [0.25, 0.3) is 0 Å². The lowest BCUT2D eigenvalue weighted by atomic mass is 10.7. The molecule has 0 aliphatic rings. The van der Waals surface area contributed by atoms with Gasteiger partial charge in [-0.1, -0.05) is 5.16 Å². The van der Waals surface area contributed by atoms with Crippen LogP contribution >= 0.6 is 7.82 Å². The highest BCUT2D eigenvalue weighted by atomic mass is 31.2. The van der Waals surface area contributed by atoms with E-state index in [1.54, 1.807) is 0 Å². The molecule has 0 radical (unpaired) electrons. The van der Waals surface area contributed by atoms with Crippen molar-refractivity contribution in [1.82, 2.24) is 5.16 Å². The lowest BCUT2D eigenvalue weighted by Gasteiger charge is -1.99. The van der Waals surface area contributed by atoms with Gasteiger partial charge in [0.25, 0.3) is 0 Å². The van der Waals surface area contributed by atoms with E-state index in [0.717, 1.165) is 0 Å². The van der Waals surface area contributed by atoms with Crippen LogP contribution in [0.2, 0.25) is 0 Å². The molecule has 0 aliphatic heterocycles. The standard InChI is InChI=1S/C3H4NO5P/c5-10(6,7)9-3-1-2-4-8-3/h1-2H,(H2,5,6,7). The Morgan fingerprint density at radius 1 is 1.70 bits per heavy atom. The maximum atomic E-state index is 10.1. The molecule has 0 unspecified atom stereocenters. The van der Waals surface area contributed by atoms with E-state index in [9.17, 15) is 4.57 Å². The summed E-state index contributed by atoms with van der Waals surface area (Å²) in [4.78, 5) is 16.4. The first-order chi connectivity index (χ1) is 4.58. The largest absolute Gasteiger partial charge is 0.527 e. The molecular formula is C3H4NO5P. The molecule has 0 fully saturated rings. The predicted molar refractivity (Wildman–Crippen MR) is 29.2 cm³/mol. The summed E-state index contributed by atoms with van der Waals surface area (Å²) in [6.45, 7) is 0. The molecule has 0 bridgehead atoms. The number of hydrogen-bond acceptors (Lipinski definition) is 4. The van der Waals surface area contributed by atoms with Gasteiger partial charge >= 0.3 is 13.8 Å². The molecule has 6 nitrogen and oxygen atoms in total. The molecule has 0 saturated carbocycles. The Morgan fingerprint density at radius 3 is 2.80 bits per heavy atom. The molecule has 56 valence electrons. The van der Waals surface area contributed by atoms with Crippen molar-refractivity contribution in [1.29, 1.82) is 0 Å². The second-order valence-electron chi connectivity index (χ2n) is 1.41. The topological polar surface area (TPSA) is 92.8 Å². The van der Waals surface area contributed by atoms with Crippen LogP contribution < -0.4 is 4.52 Å². The van der Waals surface area contributed by atoms with E-state index in [1.165, 1.54) is 12.3 Å². The first kappa shape index (κ1) is 7.27. The zero-order chi connectivity index (χ0) is 7.61. The molecule has 0 saturated heterocycles. The minimum Gasteiger partial charge on any atom is -0.369 e. The van der Waals surface area contributed by atoms with Crippen LogP contribution in [-0.2, 0) is 4.57 Å². The highest BCUT2D eigenvalue weighted by Crippen LogP contribution is 2.36. The van der Waals surface area contributed by atoms with Gasteiger partial charge in [0, 0.05) is 6.07 Å². The fraction of sp³-hybridized carbons (Fsp3) is 0. The average Bonchev–Trinajstić information content (AvgIpc) is 2.12. The van der Waals surface area contributed by atoms with Gasteiger partial charge in [-0.05, 0) is 0 Å². The molecule has 7 heteroatoms. The summed E-state index contributed by atoms with van der Waals surface area (Å²) in [5.41, 5.74) is 0. The van der Waals surface area contributed by atoms with Gasteiger partial charge < -0.3 is 9.05 Å². The van der Waals surface area contributed by atoms with E-state index in [2.05, 4.69) is 14.2 Å². The number of aromatic nitrogens is 1. The van der Waals surface area contributed by atoms with E-state index in [-0.39, 0.29) is 5.95 Å². The SMILES string of the molecule is O=P(O)(O)Oc1ccno1. The van der Waals surface area contributed by atoms with Crippen LogP contribution in [0.1, 0.15) is 0 Å². The van der Waals surface area contributed by atoms with Crippen LogP contribution in [0.15, 0.2) is 16.8 Å². The quantitative estimate of drug-likeness (QED) is 0.605. The smallest absolute Gasteiger partial charge is 0.369 e. The summed E-state index contributed by atoms with van der Waals surface area (Å²) in [7, 11) is -4.49. The molecule has 0 atom stereocenters. The van der Waals surface area contributed by atoms with Crippen LogP contribution in [0, 0.1) is 0 Å². The molecular weight excluding hydrogens is 161 g/mol. The van der Waals surface area contributed by atoms with Gasteiger partial charge in [0.05, 0.1) is 6.20 Å². The molecule has 2 N–H and O–H groups in total. The van der Waals surface area contributed by atoms with E-state index < -0.39 is 7.82 Å². The Bertz CT molecular complexity index is 237. The van der Waals surface area contributed by atoms with Crippen LogP contribution in [0.5, 0.6) is 5.95 Å². The number of nitrogens with zero attached hydrogens (tertiary/aromatic N) is 1. The van der Waals surface area contributed by atoms with Gasteiger partial charge in [0.15, 0.2) is 0 Å². The Morgan fingerprint density at radius 2 is 2.40 bits per heavy atom. The van der Waals surface area contributed by atoms with Gasteiger partial charge in [-0.2, -0.15) is 0 Å². The first-order valence-electron chi connectivity index (χ1n) is 2.24. The second-order valence-corrected chi connectivity index (χ2v) is 2.58. The van der Waals surface area contributed by atoms with Crippen molar-refractivity contribution in [3.8, 4) is 5.95 Å². The van der Waals surface area contributed by atoms with Gasteiger partial charge in [-0.3, -0.25) is 9.79 Å². The molecule has 1 rings (SSSR count). The molecule has 1 aromatic rings. The Balaban J connectivity index is 2.66. The molecule has 1 heterocycles. The van der Waals surface area contributed by atoms with Crippen molar-refractivity contribution >= 4 is 7.82 Å². The summed E-state index contributed by atoms with van der Waals surface area (Å²) in [6, 6.07) is 1.19. The van der Waals surface area contributed by atoms with Crippen molar-refractivity contribution in [2.24, 2.45) is 0 Å². The van der Waals surface area contributed by atoms with Crippen molar-refractivity contribution in [2.45, 2.75) is 0 Å². The lowest BCUT2D eigenvalue weighted by molar-refractivity contribution is 0.237. The Labute approximate surface area is 55.6 Å². The van der Waals surface area contributed by atoms with E-state index >= 15 is 0 Å². The number of rotatable bonds is 2. The summed E-state index contributed by atoms with van der Waals surface area (Å²) in [5.74, 6) is -0.298. The normalized spacial score (nSPS) is 11.4. The number of hydrogen-bond donors (Lipinski definition) is 2. The molecule has 0 spiro atoms. The van der Waals surface area contributed by atoms with Crippen molar-refractivity contribution in [3.63, 3.8) is 0 Å². The average molecular weight is 165 g/mol. The van der Waals surface area contributed by atoms with Crippen LogP contribution in [0.3, 0.4) is 0 Å². The molecule has 0 amide bonds. The van der Waals surface area contributed by atoms with Gasteiger partial charge in [0.2, 0.25) is 0 Å². The number of phosphoric acid groups is 1. The summed E-state index contributed by atoms with van der Waals surface area (Å²) >= 11 is 0. The molecule has 1 aromatic heterocycles. The maximum absolute atomic E-state index is 10.1. The highest BCUT2D eigenvalue weighted by molar-refractivity contribution is 7.46. The summed E-state index contributed by atoms with van der Waals surface area (Å²) in [5, 5.41) is 3.16. The Hall–Kier alpha value is -0.840. The minimum absolute atomic E-state index is 0.298. The third kappa shape index (κ3) is 2.18. The van der Waals surface area contributed by atoms with E-state index in [1.807, 2.05) is 0 Å². The number of phosphoric ester groups is 1. The summed E-state index contributed by atoms with van der Waals surface area (Å²) in [6.07, 6.45) is 1.21. The third-order valence-electron chi connectivity index (χ3n) is 0.623. The van der Waals surface area contributed by atoms with Gasteiger partial charge in [-0.25, -0.2) is 4.57 Å². The van der Waals surface area contributed by atoms with Crippen LogP contribution in [0.4, 0.5) is 0 Å². The van der Waals surface area contributed by atoms with E-state index in [4.69, 9.17) is 9.79 Å². The molecule has 0 aliphatic carbocycles. The first-order valence-corrected chi connectivity index (χ1v) is 3.77. The van der Waals surface area contributed by atoms with E-state index in [0.29, 0.717) is 0 Å².